The summed E-state index contributed by atoms with van der Waals surface area (Å²) < 4.78 is 0. The predicted octanol–water partition coefficient (Wildman–Crippen LogP) is 2.58. The molecular weight excluding hydrogens is 194 g/mol. The smallest absolute Gasteiger partial charge is 0.270 e. The van der Waals surface area contributed by atoms with Gasteiger partial charge in [0.05, 0.1) is 4.92 Å². The summed E-state index contributed by atoms with van der Waals surface area (Å²) in [5.41, 5.74) is 0.438. The predicted molar refractivity (Wildman–Crippen MR) is 54.8 cm³/mol. The van der Waals surface area contributed by atoms with Gasteiger partial charge in [-0.1, -0.05) is 12.1 Å². The van der Waals surface area contributed by atoms with Crippen molar-refractivity contribution < 1.29 is 9.72 Å². The lowest BCUT2D eigenvalue weighted by atomic mass is 10.1. The zero-order valence-corrected chi connectivity index (χ0v) is 8.18. The minimum absolute atomic E-state index is 0.0150. The van der Waals surface area contributed by atoms with Crippen molar-refractivity contribution in [3.05, 3.63) is 39.9 Å². The van der Waals surface area contributed by atoms with Crippen molar-refractivity contribution >= 4 is 11.5 Å². The lowest BCUT2D eigenvalue weighted by molar-refractivity contribution is -0.384. The van der Waals surface area contributed by atoms with Crippen molar-refractivity contribution in [2.75, 3.05) is 0 Å². The summed E-state index contributed by atoms with van der Waals surface area (Å²) in [5.74, 6) is 0.526. The number of benzene rings is 1. The summed E-state index contributed by atoms with van der Waals surface area (Å²) in [6, 6.07) is 5.94. The van der Waals surface area contributed by atoms with Crippen LogP contribution in [0.2, 0.25) is 0 Å². The number of rotatable bonds is 4. The Morgan fingerprint density at radius 2 is 2.20 bits per heavy atom. The fourth-order valence-corrected chi connectivity index (χ4v) is 1.49. The second-order valence-corrected chi connectivity index (χ2v) is 3.88. The fraction of sp³-hybridized carbons (Fsp3) is 0.364. The van der Waals surface area contributed by atoms with Gasteiger partial charge in [0.1, 0.15) is 0 Å². The number of nitrogens with zero attached hydrogens (tertiary/aromatic N) is 1. The third-order valence-electron chi connectivity index (χ3n) is 2.55. The first-order valence-corrected chi connectivity index (χ1v) is 4.94. The molecule has 0 radical (unpaired) electrons. The molecule has 0 aliphatic heterocycles. The minimum Gasteiger partial charge on any atom is -0.294 e. The topological polar surface area (TPSA) is 60.2 Å². The number of nitro benzene ring substituents is 1. The summed E-state index contributed by atoms with van der Waals surface area (Å²) in [7, 11) is 0. The molecule has 2 rings (SSSR count). The normalized spacial score (nSPS) is 14.9. The van der Waals surface area contributed by atoms with E-state index >= 15 is 0 Å². The maximum atomic E-state index is 11.6. The van der Waals surface area contributed by atoms with E-state index in [1.807, 2.05) is 0 Å². The van der Waals surface area contributed by atoms with Crippen molar-refractivity contribution in [3.8, 4) is 0 Å². The maximum Gasteiger partial charge on any atom is 0.270 e. The molecule has 1 aliphatic carbocycles. The molecule has 1 fully saturated rings. The summed E-state index contributed by atoms with van der Waals surface area (Å²) in [6.45, 7) is 0. The molecule has 4 heteroatoms. The van der Waals surface area contributed by atoms with Crippen molar-refractivity contribution in [2.24, 2.45) is 5.92 Å². The van der Waals surface area contributed by atoms with E-state index in [1.54, 1.807) is 12.1 Å². The lowest BCUT2D eigenvalue weighted by Gasteiger charge is -1.99. The van der Waals surface area contributed by atoms with Gasteiger partial charge in [-0.2, -0.15) is 0 Å². The standard InChI is InChI=1S/C11H11NO3/c13-11(6-8-4-5-8)9-2-1-3-10(7-9)12(14)15/h1-3,7-8H,4-6H2. The van der Waals surface area contributed by atoms with Crippen LogP contribution in [0, 0.1) is 16.0 Å². The Bertz CT molecular complexity index is 410. The number of non-ortho nitro benzene ring substituents is 1. The SMILES string of the molecule is O=C(CC1CC1)c1cccc([N+](=O)[O-])c1. The Balaban J connectivity index is 2.15. The average Bonchev–Trinajstić information content (AvgIpc) is 3.02. The maximum absolute atomic E-state index is 11.6. The molecule has 1 aliphatic rings. The van der Waals surface area contributed by atoms with Gasteiger partial charge in [0.15, 0.2) is 5.78 Å². The molecule has 0 N–H and O–H groups in total. The molecule has 0 amide bonds. The van der Waals surface area contributed by atoms with Gasteiger partial charge in [-0.05, 0) is 18.8 Å². The minimum atomic E-state index is -0.478. The van der Waals surface area contributed by atoms with Gasteiger partial charge in [0, 0.05) is 24.1 Å². The van der Waals surface area contributed by atoms with Crippen LogP contribution in [-0.2, 0) is 0 Å². The number of nitro groups is 1. The highest BCUT2D eigenvalue weighted by molar-refractivity contribution is 5.96. The van der Waals surface area contributed by atoms with Crippen LogP contribution < -0.4 is 0 Å². The summed E-state index contributed by atoms with van der Waals surface area (Å²) >= 11 is 0. The molecule has 0 spiro atoms. The Hall–Kier alpha value is -1.71. The molecule has 1 aromatic carbocycles. The molecule has 15 heavy (non-hydrogen) atoms. The third-order valence-corrected chi connectivity index (χ3v) is 2.55. The lowest BCUT2D eigenvalue weighted by Crippen LogP contribution is -2.00. The van der Waals surface area contributed by atoms with E-state index in [4.69, 9.17) is 0 Å². The summed E-state index contributed by atoms with van der Waals surface area (Å²) in [4.78, 5) is 21.7. The van der Waals surface area contributed by atoms with E-state index in [1.165, 1.54) is 12.1 Å². The van der Waals surface area contributed by atoms with Crippen molar-refractivity contribution in [2.45, 2.75) is 19.3 Å². The second kappa shape index (κ2) is 3.81. The molecule has 1 aromatic rings. The van der Waals surface area contributed by atoms with Gasteiger partial charge >= 0.3 is 0 Å². The number of carbonyl (C=O) groups excluding carboxylic acids is 1. The van der Waals surface area contributed by atoms with Crippen LogP contribution in [0.3, 0.4) is 0 Å². The van der Waals surface area contributed by atoms with Crippen LogP contribution in [0.25, 0.3) is 0 Å². The number of hydrogen-bond donors (Lipinski definition) is 0. The number of carbonyl (C=O) groups is 1. The summed E-state index contributed by atoms with van der Waals surface area (Å²) in [5, 5.41) is 10.5. The van der Waals surface area contributed by atoms with Gasteiger partial charge in [-0.3, -0.25) is 14.9 Å². The second-order valence-electron chi connectivity index (χ2n) is 3.88. The average molecular weight is 205 g/mol. The molecule has 0 aromatic heterocycles. The van der Waals surface area contributed by atoms with Crippen LogP contribution in [-0.4, -0.2) is 10.7 Å². The number of hydrogen-bond acceptors (Lipinski definition) is 3. The Morgan fingerprint density at radius 3 is 2.80 bits per heavy atom. The highest BCUT2D eigenvalue weighted by atomic mass is 16.6. The molecule has 0 atom stereocenters. The molecule has 0 unspecified atom stereocenters. The zero-order valence-electron chi connectivity index (χ0n) is 8.18. The Kier molecular flexibility index (Phi) is 2.49. The van der Waals surface area contributed by atoms with Gasteiger partial charge in [-0.15, -0.1) is 0 Å². The van der Waals surface area contributed by atoms with Crippen LogP contribution in [0.15, 0.2) is 24.3 Å². The molecule has 1 saturated carbocycles. The third kappa shape index (κ3) is 2.40. The molecule has 78 valence electrons. The molecule has 0 heterocycles. The highest BCUT2D eigenvalue weighted by Crippen LogP contribution is 2.33. The number of Topliss-reactive ketones (excluding diaryl/α,β-unsaturated/α-hetero) is 1. The van der Waals surface area contributed by atoms with Gasteiger partial charge in [0.2, 0.25) is 0 Å². The largest absolute Gasteiger partial charge is 0.294 e. The monoisotopic (exact) mass is 205 g/mol. The first kappa shape index (κ1) is 9.83. The van der Waals surface area contributed by atoms with E-state index in [-0.39, 0.29) is 11.5 Å². The van der Waals surface area contributed by atoms with E-state index in [2.05, 4.69) is 0 Å². The molecule has 0 saturated heterocycles. The van der Waals surface area contributed by atoms with Crippen LogP contribution >= 0.6 is 0 Å². The quantitative estimate of drug-likeness (QED) is 0.431. The first-order valence-electron chi connectivity index (χ1n) is 4.94. The zero-order chi connectivity index (χ0) is 10.8. The van der Waals surface area contributed by atoms with Crippen LogP contribution in [0.5, 0.6) is 0 Å². The van der Waals surface area contributed by atoms with Crippen molar-refractivity contribution in [3.63, 3.8) is 0 Å². The summed E-state index contributed by atoms with van der Waals surface area (Å²) in [6.07, 6.45) is 2.75. The number of ketones is 1. The van der Waals surface area contributed by atoms with E-state index in [0.717, 1.165) is 12.8 Å². The van der Waals surface area contributed by atoms with Gasteiger partial charge in [-0.25, -0.2) is 0 Å². The Morgan fingerprint density at radius 1 is 1.47 bits per heavy atom. The molecule has 4 nitrogen and oxygen atoms in total. The molecule has 0 bridgehead atoms. The fourth-order valence-electron chi connectivity index (χ4n) is 1.49. The highest BCUT2D eigenvalue weighted by Gasteiger charge is 2.25. The molecular formula is C11H11NO3. The van der Waals surface area contributed by atoms with E-state index < -0.39 is 4.92 Å². The van der Waals surface area contributed by atoms with Crippen LogP contribution in [0.4, 0.5) is 5.69 Å². The van der Waals surface area contributed by atoms with Gasteiger partial charge < -0.3 is 0 Å². The van der Waals surface area contributed by atoms with Gasteiger partial charge in [0.25, 0.3) is 5.69 Å². The first-order chi connectivity index (χ1) is 7.16. The van der Waals surface area contributed by atoms with Crippen LogP contribution in [0.1, 0.15) is 29.6 Å². The van der Waals surface area contributed by atoms with Crippen molar-refractivity contribution in [1.82, 2.24) is 0 Å². The van der Waals surface area contributed by atoms with E-state index in [0.29, 0.717) is 17.9 Å². The van der Waals surface area contributed by atoms with E-state index in [9.17, 15) is 14.9 Å². The van der Waals surface area contributed by atoms with Crippen molar-refractivity contribution in [1.29, 1.82) is 0 Å². The Labute approximate surface area is 87.1 Å².